The van der Waals surface area contributed by atoms with E-state index in [0.29, 0.717) is 0 Å². The maximum atomic E-state index is 5.25. The molecule has 0 saturated carbocycles. The van der Waals surface area contributed by atoms with Gasteiger partial charge in [0.2, 0.25) is 0 Å². The average Bonchev–Trinajstić information content (AvgIpc) is 3.53. The van der Waals surface area contributed by atoms with Crippen LogP contribution < -0.4 is 0 Å². The fourth-order valence-corrected chi connectivity index (χ4v) is 6.89. The van der Waals surface area contributed by atoms with Gasteiger partial charge in [0.05, 0.1) is 33.5 Å². The number of hydrogen-bond donors (Lipinski definition) is 0. The van der Waals surface area contributed by atoms with Crippen molar-refractivity contribution in [3.05, 3.63) is 152 Å². The van der Waals surface area contributed by atoms with Gasteiger partial charge in [-0.3, -0.25) is 0 Å². The van der Waals surface area contributed by atoms with E-state index >= 15 is 0 Å². The Labute approximate surface area is 272 Å². The van der Waals surface area contributed by atoms with E-state index in [4.69, 9.17) is 15.0 Å². The second-order valence-electron chi connectivity index (χ2n) is 11.9. The summed E-state index contributed by atoms with van der Waals surface area (Å²) in [4.78, 5) is 15.3. The first-order chi connectivity index (χ1) is 23.2. The lowest BCUT2D eigenvalue weighted by molar-refractivity contribution is 0.796. The molecule has 6 aromatic carbocycles. The summed E-state index contributed by atoms with van der Waals surface area (Å²) >= 11 is 0. The largest absolute Gasteiger partial charge is 0.324 e. The molecule has 0 aliphatic rings. The van der Waals surface area contributed by atoms with E-state index in [0.717, 1.165) is 78.7 Å². The van der Waals surface area contributed by atoms with Crippen LogP contribution >= 0.6 is 0 Å². The zero-order valence-electron chi connectivity index (χ0n) is 25.9. The number of imidazole rings is 1. The van der Waals surface area contributed by atoms with Crippen molar-refractivity contribution in [2.24, 2.45) is 0 Å². The molecule has 0 aliphatic heterocycles. The Kier molecular flexibility index (Phi) is 6.39. The highest BCUT2D eigenvalue weighted by Gasteiger charge is 2.16. The molecule has 4 nitrogen and oxygen atoms in total. The molecule has 0 radical (unpaired) electrons. The standard InChI is InChI=1S/C43H30N4/c1-2-47-40-15-9-8-14-39(40)46-43(47)32-22-18-29(19-23-32)28-16-20-31(21-17-28)42-41-34(33-12-6-7-13-37(33)45-42)24-27-38-35(41)25-26-36(44-38)30-10-4-3-5-11-30/h3-27H,2H2,1H3. The minimum atomic E-state index is 0.871. The highest BCUT2D eigenvalue weighted by Crippen LogP contribution is 2.38. The Hall–Kier alpha value is -6.13. The lowest BCUT2D eigenvalue weighted by atomic mass is 9.95. The van der Waals surface area contributed by atoms with Gasteiger partial charge < -0.3 is 4.57 Å². The van der Waals surface area contributed by atoms with Gasteiger partial charge >= 0.3 is 0 Å². The predicted molar refractivity (Wildman–Crippen MR) is 195 cm³/mol. The average molecular weight is 603 g/mol. The molecule has 3 aromatic heterocycles. The molecular formula is C43H30N4. The second-order valence-corrected chi connectivity index (χ2v) is 11.9. The van der Waals surface area contributed by atoms with Crippen molar-refractivity contribution in [2.45, 2.75) is 13.5 Å². The molecule has 3 heterocycles. The molecule has 0 N–H and O–H groups in total. The highest BCUT2D eigenvalue weighted by molar-refractivity contribution is 6.20. The number of fused-ring (bicyclic) bond motifs is 6. The summed E-state index contributed by atoms with van der Waals surface area (Å²) in [5.74, 6) is 1.00. The third-order valence-corrected chi connectivity index (χ3v) is 9.21. The van der Waals surface area contributed by atoms with E-state index in [9.17, 15) is 0 Å². The van der Waals surface area contributed by atoms with Crippen molar-refractivity contribution in [3.63, 3.8) is 0 Å². The van der Waals surface area contributed by atoms with Crippen molar-refractivity contribution in [2.75, 3.05) is 0 Å². The topological polar surface area (TPSA) is 43.6 Å². The molecule has 4 heteroatoms. The first kappa shape index (κ1) is 27.2. The Balaban J connectivity index is 1.13. The molecule has 0 spiro atoms. The van der Waals surface area contributed by atoms with Crippen LogP contribution in [0, 0.1) is 0 Å². The van der Waals surface area contributed by atoms with Gasteiger partial charge in [0.15, 0.2) is 0 Å². The predicted octanol–water partition coefficient (Wildman–Crippen LogP) is 11.0. The maximum absolute atomic E-state index is 5.25. The van der Waals surface area contributed by atoms with Gasteiger partial charge in [0.25, 0.3) is 0 Å². The van der Waals surface area contributed by atoms with Gasteiger partial charge in [0.1, 0.15) is 5.82 Å². The molecule has 47 heavy (non-hydrogen) atoms. The van der Waals surface area contributed by atoms with Gasteiger partial charge in [-0.15, -0.1) is 0 Å². The number of para-hydroxylation sites is 3. The van der Waals surface area contributed by atoms with Crippen LogP contribution in [0.2, 0.25) is 0 Å². The Morgan fingerprint density at radius 2 is 1.04 bits per heavy atom. The van der Waals surface area contributed by atoms with Gasteiger partial charge in [-0.05, 0) is 59.8 Å². The summed E-state index contributed by atoms with van der Waals surface area (Å²) in [5.41, 5.74) is 11.7. The number of benzene rings is 6. The second kappa shape index (κ2) is 11.0. The third-order valence-electron chi connectivity index (χ3n) is 9.21. The molecule has 0 amide bonds. The molecule has 9 aromatic rings. The highest BCUT2D eigenvalue weighted by atomic mass is 15.1. The van der Waals surface area contributed by atoms with Crippen LogP contribution in [0.25, 0.3) is 88.6 Å². The maximum Gasteiger partial charge on any atom is 0.141 e. The van der Waals surface area contributed by atoms with Crippen molar-refractivity contribution < 1.29 is 0 Å². The Morgan fingerprint density at radius 1 is 0.426 bits per heavy atom. The number of hydrogen-bond acceptors (Lipinski definition) is 3. The summed E-state index contributed by atoms with van der Waals surface area (Å²) in [7, 11) is 0. The van der Waals surface area contributed by atoms with Crippen LogP contribution in [-0.4, -0.2) is 19.5 Å². The van der Waals surface area contributed by atoms with Gasteiger partial charge in [-0.25, -0.2) is 15.0 Å². The lowest BCUT2D eigenvalue weighted by Gasteiger charge is -2.14. The van der Waals surface area contributed by atoms with Crippen LogP contribution in [0.1, 0.15) is 6.92 Å². The quantitative estimate of drug-likeness (QED) is 0.184. The summed E-state index contributed by atoms with van der Waals surface area (Å²) < 4.78 is 2.28. The number of rotatable bonds is 5. The fraction of sp³-hybridized carbons (Fsp3) is 0.0465. The zero-order valence-corrected chi connectivity index (χ0v) is 25.9. The summed E-state index contributed by atoms with van der Waals surface area (Å²) in [5, 5.41) is 4.57. The van der Waals surface area contributed by atoms with Crippen molar-refractivity contribution in [1.29, 1.82) is 0 Å². The van der Waals surface area contributed by atoms with Crippen LogP contribution in [-0.2, 0) is 6.54 Å². The minimum absolute atomic E-state index is 0.871. The third kappa shape index (κ3) is 4.57. The summed E-state index contributed by atoms with van der Waals surface area (Å²) in [6, 6.07) is 53.3. The number of nitrogens with zero attached hydrogens (tertiary/aromatic N) is 4. The zero-order chi connectivity index (χ0) is 31.3. The van der Waals surface area contributed by atoms with Crippen LogP contribution in [0.15, 0.2) is 152 Å². The van der Waals surface area contributed by atoms with Crippen molar-refractivity contribution >= 4 is 43.6 Å². The number of pyridine rings is 2. The Bertz CT molecular complexity index is 2580. The molecular weight excluding hydrogens is 573 g/mol. The molecule has 222 valence electrons. The first-order valence-electron chi connectivity index (χ1n) is 16.1. The van der Waals surface area contributed by atoms with Crippen LogP contribution in [0.5, 0.6) is 0 Å². The van der Waals surface area contributed by atoms with E-state index in [1.165, 1.54) is 16.5 Å². The molecule has 0 atom stereocenters. The van der Waals surface area contributed by atoms with Gasteiger partial charge in [-0.2, -0.15) is 0 Å². The first-order valence-corrected chi connectivity index (χ1v) is 16.1. The summed E-state index contributed by atoms with van der Waals surface area (Å²) in [6.07, 6.45) is 0. The molecule has 0 unspecified atom stereocenters. The van der Waals surface area contributed by atoms with Crippen LogP contribution in [0.4, 0.5) is 0 Å². The lowest BCUT2D eigenvalue weighted by Crippen LogP contribution is -1.97. The molecule has 9 rings (SSSR count). The number of aromatic nitrogens is 4. The van der Waals surface area contributed by atoms with Crippen molar-refractivity contribution in [1.82, 2.24) is 19.5 Å². The van der Waals surface area contributed by atoms with E-state index < -0.39 is 0 Å². The van der Waals surface area contributed by atoms with E-state index in [-0.39, 0.29) is 0 Å². The van der Waals surface area contributed by atoms with E-state index in [1.54, 1.807) is 0 Å². The van der Waals surface area contributed by atoms with Gasteiger partial charge in [0, 0.05) is 39.4 Å². The molecule has 0 bridgehead atoms. The van der Waals surface area contributed by atoms with E-state index in [2.05, 4.69) is 151 Å². The summed E-state index contributed by atoms with van der Waals surface area (Å²) in [6.45, 7) is 3.04. The monoisotopic (exact) mass is 602 g/mol. The van der Waals surface area contributed by atoms with E-state index in [1.807, 2.05) is 12.1 Å². The van der Waals surface area contributed by atoms with Gasteiger partial charge in [-0.1, -0.05) is 115 Å². The smallest absolute Gasteiger partial charge is 0.141 e. The Morgan fingerprint density at radius 3 is 1.81 bits per heavy atom. The normalized spacial score (nSPS) is 11.6. The van der Waals surface area contributed by atoms with Crippen molar-refractivity contribution in [3.8, 4) is 45.0 Å². The molecule has 0 saturated heterocycles. The SMILES string of the molecule is CCn1c(-c2ccc(-c3ccc(-c4nc5ccccc5c5ccc6nc(-c7ccccc7)ccc6c45)cc3)cc2)nc2ccccc21. The number of aryl methyl sites for hydroxylation is 1. The molecule has 0 fully saturated rings. The minimum Gasteiger partial charge on any atom is -0.324 e. The molecule has 0 aliphatic carbocycles. The van der Waals surface area contributed by atoms with Crippen LogP contribution in [0.3, 0.4) is 0 Å². The fourth-order valence-electron chi connectivity index (χ4n) is 6.89.